The minimum atomic E-state index is -1.02. The topological polar surface area (TPSA) is 43.4 Å². The van der Waals surface area contributed by atoms with Gasteiger partial charge in [0.25, 0.3) is 0 Å². The maximum atomic E-state index is 11.7. The van der Waals surface area contributed by atoms with Crippen LogP contribution in [0.15, 0.2) is 22.7 Å². The van der Waals surface area contributed by atoms with Gasteiger partial charge in [0.15, 0.2) is 11.4 Å². The molecule has 1 atom stereocenters. The lowest BCUT2D eigenvalue weighted by atomic mass is 9.87. The summed E-state index contributed by atoms with van der Waals surface area (Å²) in [6, 6.07) is 5.36. The van der Waals surface area contributed by atoms with E-state index >= 15 is 0 Å². The normalized spacial score (nSPS) is 23.6. The molecule has 0 aromatic heterocycles. The van der Waals surface area contributed by atoms with Crippen LogP contribution in [0.25, 0.3) is 0 Å². The zero-order chi connectivity index (χ0) is 11.9. The van der Waals surface area contributed by atoms with Crippen molar-refractivity contribution < 1.29 is 14.3 Å². The van der Waals surface area contributed by atoms with Crippen LogP contribution < -0.4 is 0 Å². The van der Waals surface area contributed by atoms with Gasteiger partial charge in [-0.25, -0.2) is 4.79 Å². The van der Waals surface area contributed by atoms with E-state index in [9.17, 15) is 9.59 Å². The van der Waals surface area contributed by atoms with Crippen molar-refractivity contribution in [3.63, 3.8) is 0 Å². The minimum absolute atomic E-state index is 0.133. The molecule has 4 heteroatoms. The number of fused-ring (bicyclic) bond motifs is 1. The van der Waals surface area contributed by atoms with Crippen LogP contribution in [0, 0.1) is 0 Å². The molecule has 16 heavy (non-hydrogen) atoms. The molecule has 0 aliphatic carbocycles. The number of hydrogen-bond donors (Lipinski definition) is 0. The predicted octanol–water partition coefficient (Wildman–Crippen LogP) is 2.51. The van der Waals surface area contributed by atoms with Gasteiger partial charge >= 0.3 is 5.97 Å². The minimum Gasteiger partial charge on any atom is -0.447 e. The van der Waals surface area contributed by atoms with E-state index in [0.29, 0.717) is 12.0 Å². The molecule has 0 spiro atoms. The van der Waals surface area contributed by atoms with Crippen molar-refractivity contribution in [1.29, 1.82) is 0 Å². The number of ether oxygens (including phenoxy) is 1. The molecular weight excluding hydrogens is 272 g/mol. The van der Waals surface area contributed by atoms with E-state index in [0.717, 1.165) is 10.0 Å². The van der Waals surface area contributed by atoms with Crippen LogP contribution >= 0.6 is 15.9 Å². The summed E-state index contributed by atoms with van der Waals surface area (Å²) in [5, 5.41) is 0. The second kappa shape index (κ2) is 3.70. The fraction of sp³-hybridized carbons (Fsp3) is 0.333. The van der Waals surface area contributed by atoms with E-state index in [1.165, 1.54) is 6.92 Å². The number of cyclic esters (lactones) is 1. The highest BCUT2D eigenvalue weighted by molar-refractivity contribution is 9.10. The molecule has 84 valence electrons. The van der Waals surface area contributed by atoms with Crippen LogP contribution in [0.2, 0.25) is 0 Å². The first kappa shape index (κ1) is 11.3. The summed E-state index contributed by atoms with van der Waals surface area (Å²) in [6.45, 7) is 3.09. The van der Waals surface area contributed by atoms with E-state index in [-0.39, 0.29) is 5.78 Å². The van der Waals surface area contributed by atoms with Crippen molar-refractivity contribution in [2.75, 3.05) is 0 Å². The van der Waals surface area contributed by atoms with Crippen molar-refractivity contribution >= 4 is 27.7 Å². The summed E-state index contributed by atoms with van der Waals surface area (Å²) >= 11 is 3.35. The average molecular weight is 283 g/mol. The van der Waals surface area contributed by atoms with Crippen molar-refractivity contribution in [3.05, 3.63) is 33.8 Å². The van der Waals surface area contributed by atoms with Gasteiger partial charge in [-0.1, -0.05) is 15.9 Å². The first-order valence-electron chi connectivity index (χ1n) is 4.95. The molecule has 0 saturated heterocycles. The third kappa shape index (κ3) is 1.78. The lowest BCUT2D eigenvalue weighted by molar-refractivity contribution is -0.135. The predicted molar refractivity (Wildman–Crippen MR) is 62.3 cm³/mol. The number of ketones is 1. The highest BCUT2D eigenvalue weighted by Gasteiger charge is 2.40. The molecule has 0 bridgehead atoms. The summed E-state index contributed by atoms with van der Waals surface area (Å²) in [5.41, 5.74) is 0.371. The summed E-state index contributed by atoms with van der Waals surface area (Å²) < 4.78 is 6.09. The first-order valence-corrected chi connectivity index (χ1v) is 5.74. The van der Waals surface area contributed by atoms with Crippen LogP contribution in [-0.2, 0) is 16.0 Å². The van der Waals surface area contributed by atoms with Crippen LogP contribution in [0.1, 0.15) is 29.8 Å². The molecule has 3 nitrogen and oxygen atoms in total. The van der Waals surface area contributed by atoms with E-state index in [4.69, 9.17) is 4.74 Å². The smallest absolute Gasteiger partial charge is 0.339 e. The molecule has 1 aromatic carbocycles. The van der Waals surface area contributed by atoms with E-state index in [1.54, 1.807) is 19.1 Å². The Balaban J connectivity index is 2.50. The molecule has 0 N–H and O–H groups in total. The second-order valence-electron chi connectivity index (χ2n) is 4.15. The van der Waals surface area contributed by atoms with Gasteiger partial charge in [0.1, 0.15) is 0 Å². The number of carbonyl (C=O) groups is 2. The summed E-state index contributed by atoms with van der Waals surface area (Å²) in [5.74, 6) is -0.557. The molecule has 0 amide bonds. The molecule has 1 aliphatic rings. The van der Waals surface area contributed by atoms with E-state index < -0.39 is 11.6 Å². The molecule has 1 aliphatic heterocycles. The van der Waals surface area contributed by atoms with Gasteiger partial charge in [0.05, 0.1) is 5.56 Å². The highest BCUT2D eigenvalue weighted by atomic mass is 79.9. The van der Waals surface area contributed by atoms with Crippen molar-refractivity contribution in [3.8, 4) is 0 Å². The third-order valence-corrected chi connectivity index (χ3v) is 3.37. The zero-order valence-corrected chi connectivity index (χ0v) is 10.6. The Morgan fingerprint density at radius 1 is 1.50 bits per heavy atom. The molecule has 1 heterocycles. The first-order chi connectivity index (χ1) is 7.42. The standard InChI is InChI=1S/C12H11BrO3/c1-7(14)12(2)6-8-5-9(13)3-4-10(8)11(15)16-12/h3-5H,6H2,1-2H3. The Morgan fingerprint density at radius 2 is 2.19 bits per heavy atom. The quantitative estimate of drug-likeness (QED) is 0.744. The molecule has 0 saturated carbocycles. The molecule has 1 unspecified atom stereocenters. The lowest BCUT2D eigenvalue weighted by Crippen LogP contribution is -2.44. The Kier molecular flexibility index (Phi) is 2.62. The Labute approximate surface area is 102 Å². The SMILES string of the molecule is CC(=O)C1(C)Cc2cc(Br)ccc2C(=O)O1. The summed E-state index contributed by atoms with van der Waals surface area (Å²) in [6.07, 6.45) is 0.433. The summed E-state index contributed by atoms with van der Waals surface area (Å²) in [4.78, 5) is 23.2. The molecule has 1 aromatic rings. The van der Waals surface area contributed by atoms with Crippen LogP contribution in [0.4, 0.5) is 0 Å². The number of esters is 1. The van der Waals surface area contributed by atoms with Gasteiger partial charge in [-0.15, -0.1) is 0 Å². The lowest BCUT2D eigenvalue weighted by Gasteiger charge is -2.32. The Hall–Kier alpha value is -1.16. The van der Waals surface area contributed by atoms with E-state index in [1.807, 2.05) is 6.07 Å². The zero-order valence-electron chi connectivity index (χ0n) is 9.04. The number of rotatable bonds is 1. The van der Waals surface area contributed by atoms with Crippen molar-refractivity contribution in [2.24, 2.45) is 0 Å². The number of carbonyl (C=O) groups excluding carboxylic acids is 2. The van der Waals surface area contributed by atoms with E-state index in [2.05, 4.69) is 15.9 Å². The molecule has 0 radical (unpaired) electrons. The van der Waals surface area contributed by atoms with Gasteiger partial charge in [-0.2, -0.15) is 0 Å². The second-order valence-corrected chi connectivity index (χ2v) is 5.07. The maximum Gasteiger partial charge on any atom is 0.339 e. The molecule has 2 rings (SSSR count). The fourth-order valence-corrected chi connectivity index (χ4v) is 2.17. The van der Waals surface area contributed by atoms with Crippen molar-refractivity contribution in [1.82, 2.24) is 0 Å². The third-order valence-electron chi connectivity index (χ3n) is 2.88. The average Bonchev–Trinajstić information content (AvgIpc) is 2.16. The molecular formula is C12H11BrO3. The van der Waals surface area contributed by atoms with Gasteiger partial charge in [-0.05, 0) is 37.6 Å². The Morgan fingerprint density at radius 3 is 2.81 bits per heavy atom. The van der Waals surface area contributed by atoms with Crippen LogP contribution in [-0.4, -0.2) is 17.4 Å². The Bertz CT molecular complexity index is 481. The van der Waals surface area contributed by atoms with Gasteiger partial charge in [0.2, 0.25) is 0 Å². The monoisotopic (exact) mass is 282 g/mol. The highest BCUT2D eigenvalue weighted by Crippen LogP contribution is 2.30. The largest absolute Gasteiger partial charge is 0.447 e. The van der Waals surface area contributed by atoms with Gasteiger partial charge in [-0.3, -0.25) is 4.79 Å². The van der Waals surface area contributed by atoms with Gasteiger partial charge in [0, 0.05) is 10.9 Å². The number of benzene rings is 1. The number of Topliss-reactive ketones (excluding diaryl/α,β-unsaturated/α-hetero) is 1. The van der Waals surface area contributed by atoms with Crippen molar-refractivity contribution in [2.45, 2.75) is 25.9 Å². The van der Waals surface area contributed by atoms with Crippen LogP contribution in [0.3, 0.4) is 0 Å². The maximum absolute atomic E-state index is 11.7. The fourth-order valence-electron chi connectivity index (χ4n) is 1.76. The summed E-state index contributed by atoms with van der Waals surface area (Å²) in [7, 11) is 0. The molecule has 0 fully saturated rings. The van der Waals surface area contributed by atoms with Gasteiger partial charge < -0.3 is 4.74 Å². The number of halogens is 1. The number of hydrogen-bond acceptors (Lipinski definition) is 3. The van der Waals surface area contributed by atoms with Crippen LogP contribution in [0.5, 0.6) is 0 Å².